The van der Waals surface area contributed by atoms with Crippen molar-refractivity contribution < 1.29 is 9.53 Å². The van der Waals surface area contributed by atoms with E-state index in [1.807, 2.05) is 30.8 Å². The molecule has 2 rings (SSSR count). The molecule has 0 aliphatic rings. The number of carbonyl (C=O) groups excluding carboxylic acids is 1. The van der Waals surface area contributed by atoms with Crippen LogP contribution in [0.2, 0.25) is 0 Å². The van der Waals surface area contributed by atoms with E-state index in [4.69, 9.17) is 0 Å². The number of ether oxygens (including phenoxy) is 1. The number of methoxy groups -OCH3 is 1. The van der Waals surface area contributed by atoms with E-state index < -0.39 is 0 Å². The standard InChI is InChI=1S/C13H14N2O2/c1-9-10-8-14-7-6-12(10)15(2)11(9)4-5-13(16)17-3/h4-8H,1-3H3/b5-4+. The molecule has 0 aromatic carbocycles. The van der Waals surface area contributed by atoms with Crippen molar-refractivity contribution in [3.8, 4) is 0 Å². The molecule has 17 heavy (non-hydrogen) atoms. The summed E-state index contributed by atoms with van der Waals surface area (Å²) in [4.78, 5) is 15.2. The van der Waals surface area contributed by atoms with Crippen LogP contribution in [0.15, 0.2) is 24.5 Å². The molecule has 0 amide bonds. The second-order valence-corrected chi connectivity index (χ2v) is 3.82. The van der Waals surface area contributed by atoms with Gasteiger partial charge in [0.25, 0.3) is 0 Å². The maximum Gasteiger partial charge on any atom is 0.330 e. The van der Waals surface area contributed by atoms with Crippen LogP contribution in [-0.2, 0) is 16.6 Å². The number of fused-ring (bicyclic) bond motifs is 1. The van der Waals surface area contributed by atoms with Gasteiger partial charge in [-0.25, -0.2) is 4.79 Å². The smallest absolute Gasteiger partial charge is 0.330 e. The van der Waals surface area contributed by atoms with E-state index in [-0.39, 0.29) is 5.97 Å². The summed E-state index contributed by atoms with van der Waals surface area (Å²) in [6.07, 6.45) is 6.78. The Balaban J connectivity index is 2.55. The second-order valence-electron chi connectivity index (χ2n) is 3.82. The molecule has 0 saturated carbocycles. The van der Waals surface area contributed by atoms with Gasteiger partial charge in [-0.2, -0.15) is 0 Å². The maximum absolute atomic E-state index is 11.1. The molecule has 2 aromatic heterocycles. The topological polar surface area (TPSA) is 44.1 Å². The molecule has 0 bridgehead atoms. The Labute approximate surface area is 99.5 Å². The predicted octanol–water partition coefficient (Wildman–Crippen LogP) is 2.07. The Morgan fingerprint density at radius 2 is 2.29 bits per heavy atom. The molecule has 0 atom stereocenters. The van der Waals surface area contributed by atoms with Crippen molar-refractivity contribution in [2.45, 2.75) is 6.92 Å². The Morgan fingerprint density at radius 3 is 2.94 bits per heavy atom. The van der Waals surface area contributed by atoms with Gasteiger partial charge in [-0.3, -0.25) is 4.98 Å². The van der Waals surface area contributed by atoms with Crippen LogP contribution in [0, 0.1) is 6.92 Å². The number of aryl methyl sites for hydroxylation is 2. The SMILES string of the molecule is COC(=O)/C=C/c1c(C)c2cnccc2n1C. The number of aromatic nitrogens is 2. The fraction of sp³-hybridized carbons (Fsp3) is 0.231. The molecule has 0 spiro atoms. The molecule has 0 N–H and O–H groups in total. The fourth-order valence-corrected chi connectivity index (χ4v) is 1.94. The van der Waals surface area contributed by atoms with Gasteiger partial charge in [0.1, 0.15) is 0 Å². The van der Waals surface area contributed by atoms with Gasteiger partial charge in [0, 0.05) is 36.6 Å². The van der Waals surface area contributed by atoms with E-state index in [2.05, 4.69) is 9.72 Å². The van der Waals surface area contributed by atoms with E-state index in [1.165, 1.54) is 13.2 Å². The summed E-state index contributed by atoms with van der Waals surface area (Å²) in [7, 11) is 3.33. The lowest BCUT2D eigenvalue weighted by atomic mass is 10.2. The minimum absolute atomic E-state index is 0.354. The van der Waals surface area contributed by atoms with E-state index in [1.54, 1.807) is 12.3 Å². The zero-order chi connectivity index (χ0) is 12.4. The number of carbonyl (C=O) groups is 1. The van der Waals surface area contributed by atoms with Crippen molar-refractivity contribution in [3.05, 3.63) is 35.8 Å². The first-order valence-electron chi connectivity index (χ1n) is 5.30. The molecular formula is C13H14N2O2. The van der Waals surface area contributed by atoms with Crippen molar-refractivity contribution >= 4 is 22.9 Å². The first kappa shape index (κ1) is 11.4. The van der Waals surface area contributed by atoms with Crippen LogP contribution in [-0.4, -0.2) is 22.6 Å². The van der Waals surface area contributed by atoms with Crippen LogP contribution >= 0.6 is 0 Å². The van der Waals surface area contributed by atoms with Crippen LogP contribution in [0.5, 0.6) is 0 Å². The fourth-order valence-electron chi connectivity index (χ4n) is 1.94. The largest absolute Gasteiger partial charge is 0.466 e. The van der Waals surface area contributed by atoms with Crippen LogP contribution in [0.4, 0.5) is 0 Å². The molecule has 0 radical (unpaired) electrons. The van der Waals surface area contributed by atoms with E-state index >= 15 is 0 Å². The van der Waals surface area contributed by atoms with Gasteiger partial charge >= 0.3 is 5.97 Å². The second kappa shape index (κ2) is 4.41. The average Bonchev–Trinajstić information content (AvgIpc) is 2.60. The van der Waals surface area contributed by atoms with Crippen molar-refractivity contribution in [3.63, 3.8) is 0 Å². The molecule has 4 heteroatoms. The first-order valence-corrected chi connectivity index (χ1v) is 5.30. The Kier molecular flexibility index (Phi) is 2.95. The van der Waals surface area contributed by atoms with Crippen molar-refractivity contribution in [1.29, 1.82) is 0 Å². The van der Waals surface area contributed by atoms with Gasteiger partial charge in [0.2, 0.25) is 0 Å². The van der Waals surface area contributed by atoms with Crippen molar-refractivity contribution in [1.82, 2.24) is 9.55 Å². The van der Waals surface area contributed by atoms with Gasteiger partial charge in [-0.15, -0.1) is 0 Å². The zero-order valence-corrected chi connectivity index (χ0v) is 10.1. The molecule has 0 unspecified atom stereocenters. The van der Waals surface area contributed by atoms with Gasteiger partial charge in [-0.1, -0.05) is 0 Å². The molecule has 0 aliphatic heterocycles. The van der Waals surface area contributed by atoms with Crippen LogP contribution < -0.4 is 0 Å². The summed E-state index contributed by atoms with van der Waals surface area (Å²) in [6, 6.07) is 1.96. The number of esters is 1. The summed E-state index contributed by atoms with van der Waals surface area (Å²) in [5, 5.41) is 1.10. The summed E-state index contributed by atoms with van der Waals surface area (Å²) in [5.41, 5.74) is 3.19. The highest BCUT2D eigenvalue weighted by atomic mass is 16.5. The van der Waals surface area contributed by atoms with E-state index in [0.717, 1.165) is 22.2 Å². The summed E-state index contributed by atoms with van der Waals surface area (Å²) in [6.45, 7) is 2.01. The molecule has 2 aromatic rings. The van der Waals surface area contributed by atoms with Crippen LogP contribution in [0.1, 0.15) is 11.3 Å². The first-order chi connectivity index (χ1) is 8.15. The summed E-state index contributed by atoms with van der Waals surface area (Å²) >= 11 is 0. The van der Waals surface area contributed by atoms with Crippen molar-refractivity contribution in [2.75, 3.05) is 7.11 Å². The van der Waals surface area contributed by atoms with Gasteiger partial charge in [0.15, 0.2) is 0 Å². The van der Waals surface area contributed by atoms with Gasteiger partial charge < -0.3 is 9.30 Å². The normalized spacial score (nSPS) is 11.2. The minimum atomic E-state index is -0.354. The quantitative estimate of drug-likeness (QED) is 0.586. The lowest BCUT2D eigenvalue weighted by Crippen LogP contribution is -1.96. The van der Waals surface area contributed by atoms with Crippen LogP contribution in [0.3, 0.4) is 0 Å². The Bertz CT molecular complexity index is 558. The third kappa shape index (κ3) is 1.93. The molecule has 88 valence electrons. The maximum atomic E-state index is 11.1. The zero-order valence-electron chi connectivity index (χ0n) is 10.1. The molecule has 0 aliphatic carbocycles. The summed E-state index contributed by atoms with van der Waals surface area (Å²) < 4.78 is 6.61. The van der Waals surface area contributed by atoms with E-state index in [9.17, 15) is 4.79 Å². The Hall–Kier alpha value is -2.10. The third-order valence-corrected chi connectivity index (χ3v) is 2.89. The molecule has 0 saturated heterocycles. The van der Waals surface area contributed by atoms with E-state index in [0.29, 0.717) is 0 Å². The molecular weight excluding hydrogens is 216 g/mol. The molecule has 2 heterocycles. The lowest BCUT2D eigenvalue weighted by Gasteiger charge is -1.99. The Morgan fingerprint density at radius 1 is 1.53 bits per heavy atom. The van der Waals surface area contributed by atoms with Gasteiger partial charge in [-0.05, 0) is 24.6 Å². The average molecular weight is 230 g/mol. The molecule has 0 fully saturated rings. The summed E-state index contributed by atoms with van der Waals surface area (Å²) in [5.74, 6) is -0.354. The number of nitrogens with zero attached hydrogens (tertiary/aromatic N) is 2. The number of pyridine rings is 1. The highest BCUT2D eigenvalue weighted by molar-refractivity contribution is 5.91. The van der Waals surface area contributed by atoms with Gasteiger partial charge in [0.05, 0.1) is 12.6 Å². The number of hydrogen-bond acceptors (Lipinski definition) is 3. The molecule has 4 nitrogen and oxygen atoms in total. The monoisotopic (exact) mass is 230 g/mol. The highest BCUT2D eigenvalue weighted by Crippen LogP contribution is 2.24. The number of rotatable bonds is 2. The predicted molar refractivity (Wildman–Crippen MR) is 66.5 cm³/mol. The minimum Gasteiger partial charge on any atom is -0.466 e. The lowest BCUT2D eigenvalue weighted by molar-refractivity contribution is -0.134. The van der Waals surface area contributed by atoms with Crippen LogP contribution in [0.25, 0.3) is 17.0 Å². The number of hydrogen-bond donors (Lipinski definition) is 0. The highest BCUT2D eigenvalue weighted by Gasteiger charge is 2.09. The third-order valence-electron chi connectivity index (χ3n) is 2.89. The van der Waals surface area contributed by atoms with Crippen molar-refractivity contribution in [2.24, 2.45) is 7.05 Å².